The molecule has 0 saturated carbocycles. The van der Waals surface area contributed by atoms with E-state index in [1.165, 1.54) is 5.56 Å². The van der Waals surface area contributed by atoms with Crippen molar-refractivity contribution in [2.45, 2.75) is 26.2 Å². The zero-order valence-corrected chi connectivity index (χ0v) is 12.1. The Balaban J connectivity index is 2.34. The summed E-state index contributed by atoms with van der Waals surface area (Å²) in [7, 11) is 0. The average Bonchev–Trinajstić information content (AvgIpc) is 2.36. The number of nitrogen functional groups attached to an aromatic ring is 2. The third-order valence-electron chi connectivity index (χ3n) is 3.25. The first kappa shape index (κ1) is 14.1. The van der Waals surface area contributed by atoms with Gasteiger partial charge in [-0.25, -0.2) is 0 Å². The molecular formula is C17H20N2O. The Labute approximate surface area is 119 Å². The van der Waals surface area contributed by atoms with E-state index in [0.29, 0.717) is 22.5 Å². The van der Waals surface area contributed by atoms with Gasteiger partial charge in [-0.3, -0.25) is 4.79 Å². The first-order valence-electron chi connectivity index (χ1n) is 6.58. The van der Waals surface area contributed by atoms with Crippen LogP contribution >= 0.6 is 0 Å². The van der Waals surface area contributed by atoms with Gasteiger partial charge < -0.3 is 11.5 Å². The van der Waals surface area contributed by atoms with Crippen molar-refractivity contribution in [2.24, 2.45) is 0 Å². The minimum absolute atomic E-state index is 0.0653. The van der Waals surface area contributed by atoms with E-state index in [2.05, 4.69) is 20.8 Å². The number of benzene rings is 2. The highest BCUT2D eigenvalue weighted by molar-refractivity contribution is 6.09. The lowest BCUT2D eigenvalue weighted by Gasteiger charge is -2.19. The van der Waals surface area contributed by atoms with E-state index < -0.39 is 0 Å². The number of carbonyl (C=O) groups is 1. The van der Waals surface area contributed by atoms with Gasteiger partial charge in [0, 0.05) is 22.5 Å². The number of hydrogen-bond donors (Lipinski definition) is 2. The van der Waals surface area contributed by atoms with E-state index in [1.54, 1.807) is 18.2 Å². The van der Waals surface area contributed by atoms with Crippen molar-refractivity contribution in [3.05, 3.63) is 59.2 Å². The number of hydrogen-bond acceptors (Lipinski definition) is 3. The fourth-order valence-electron chi connectivity index (χ4n) is 2.10. The highest BCUT2D eigenvalue weighted by atomic mass is 16.1. The van der Waals surface area contributed by atoms with E-state index in [-0.39, 0.29) is 11.2 Å². The molecular weight excluding hydrogens is 248 g/mol. The number of rotatable bonds is 2. The molecule has 0 spiro atoms. The first-order chi connectivity index (χ1) is 9.27. The third kappa shape index (κ3) is 2.99. The van der Waals surface area contributed by atoms with Gasteiger partial charge in [0.2, 0.25) is 0 Å². The van der Waals surface area contributed by atoms with Gasteiger partial charge in [0.05, 0.1) is 0 Å². The topological polar surface area (TPSA) is 69.1 Å². The van der Waals surface area contributed by atoms with Gasteiger partial charge in [0.1, 0.15) is 0 Å². The molecule has 0 aliphatic rings. The van der Waals surface area contributed by atoms with Crippen LogP contribution in [-0.2, 0) is 5.41 Å². The van der Waals surface area contributed by atoms with Crippen LogP contribution in [0.5, 0.6) is 0 Å². The SMILES string of the molecule is CC(C)(C)c1ccc(C(=O)c2cc(N)cc(N)c2)cc1. The Bertz CT molecular complexity index is 617. The van der Waals surface area contributed by atoms with Gasteiger partial charge in [0.15, 0.2) is 5.78 Å². The van der Waals surface area contributed by atoms with E-state index in [1.807, 2.05) is 24.3 Å². The van der Waals surface area contributed by atoms with Gasteiger partial charge in [0.25, 0.3) is 0 Å². The fraction of sp³-hybridized carbons (Fsp3) is 0.235. The smallest absolute Gasteiger partial charge is 0.193 e. The van der Waals surface area contributed by atoms with Crippen molar-refractivity contribution >= 4 is 17.2 Å². The van der Waals surface area contributed by atoms with Gasteiger partial charge in [-0.2, -0.15) is 0 Å². The van der Waals surface area contributed by atoms with Crippen molar-refractivity contribution in [1.29, 1.82) is 0 Å². The van der Waals surface area contributed by atoms with E-state index >= 15 is 0 Å². The number of anilines is 2. The van der Waals surface area contributed by atoms with E-state index in [9.17, 15) is 4.79 Å². The van der Waals surface area contributed by atoms with Crippen LogP contribution < -0.4 is 11.5 Å². The molecule has 0 saturated heterocycles. The van der Waals surface area contributed by atoms with Crippen molar-refractivity contribution < 1.29 is 4.79 Å². The standard InChI is InChI=1S/C17H20N2O/c1-17(2,3)13-6-4-11(5-7-13)16(20)12-8-14(18)10-15(19)9-12/h4-10H,18-19H2,1-3H3. The van der Waals surface area contributed by atoms with Gasteiger partial charge in [-0.1, -0.05) is 45.0 Å². The van der Waals surface area contributed by atoms with Gasteiger partial charge in [-0.05, 0) is 29.2 Å². The average molecular weight is 268 g/mol. The third-order valence-corrected chi connectivity index (χ3v) is 3.25. The monoisotopic (exact) mass is 268 g/mol. The molecule has 3 nitrogen and oxygen atoms in total. The predicted molar refractivity (Wildman–Crippen MR) is 83.8 cm³/mol. The summed E-state index contributed by atoms with van der Waals surface area (Å²) >= 11 is 0. The van der Waals surface area contributed by atoms with Crippen LogP contribution in [-0.4, -0.2) is 5.78 Å². The molecule has 2 aromatic rings. The second-order valence-electron chi connectivity index (χ2n) is 6.04. The Morgan fingerprint density at radius 2 is 1.35 bits per heavy atom. The summed E-state index contributed by atoms with van der Waals surface area (Å²) in [5, 5.41) is 0. The molecule has 0 aliphatic carbocycles. The quantitative estimate of drug-likeness (QED) is 0.648. The molecule has 4 N–H and O–H groups in total. The molecule has 2 rings (SSSR count). The molecule has 104 valence electrons. The van der Waals surface area contributed by atoms with Crippen molar-refractivity contribution in [3.8, 4) is 0 Å². The summed E-state index contributed by atoms with van der Waals surface area (Å²) in [5.41, 5.74) is 14.9. The minimum atomic E-state index is -0.0653. The van der Waals surface area contributed by atoms with Crippen molar-refractivity contribution in [3.63, 3.8) is 0 Å². The van der Waals surface area contributed by atoms with Gasteiger partial charge >= 0.3 is 0 Å². The Kier molecular flexibility index (Phi) is 3.53. The summed E-state index contributed by atoms with van der Waals surface area (Å²) < 4.78 is 0. The normalized spacial score (nSPS) is 11.3. The molecule has 3 heteroatoms. The Hall–Kier alpha value is -2.29. The summed E-state index contributed by atoms with van der Waals surface area (Å²) in [6.45, 7) is 6.42. The van der Waals surface area contributed by atoms with E-state index in [4.69, 9.17) is 11.5 Å². The molecule has 20 heavy (non-hydrogen) atoms. The first-order valence-corrected chi connectivity index (χ1v) is 6.58. The summed E-state index contributed by atoms with van der Waals surface area (Å²) in [6.07, 6.45) is 0. The van der Waals surface area contributed by atoms with Crippen LogP contribution in [0.1, 0.15) is 42.3 Å². The maximum absolute atomic E-state index is 12.4. The largest absolute Gasteiger partial charge is 0.399 e. The fourth-order valence-corrected chi connectivity index (χ4v) is 2.10. The van der Waals surface area contributed by atoms with Crippen molar-refractivity contribution in [2.75, 3.05) is 11.5 Å². The molecule has 0 bridgehead atoms. The molecule has 0 amide bonds. The minimum Gasteiger partial charge on any atom is -0.399 e. The van der Waals surface area contributed by atoms with Crippen LogP contribution in [0.25, 0.3) is 0 Å². The molecule has 0 aromatic heterocycles. The summed E-state index contributed by atoms with van der Waals surface area (Å²) in [5.74, 6) is -0.0653. The second kappa shape index (κ2) is 5.00. The maximum Gasteiger partial charge on any atom is 0.193 e. The van der Waals surface area contributed by atoms with Crippen LogP contribution in [0.2, 0.25) is 0 Å². The zero-order chi connectivity index (χ0) is 14.9. The van der Waals surface area contributed by atoms with Crippen LogP contribution in [0.3, 0.4) is 0 Å². The summed E-state index contributed by atoms with van der Waals surface area (Å²) in [4.78, 5) is 12.4. The lowest BCUT2D eigenvalue weighted by atomic mass is 9.86. The molecule has 0 radical (unpaired) electrons. The molecule has 2 aromatic carbocycles. The summed E-state index contributed by atoms with van der Waals surface area (Å²) in [6, 6.07) is 12.6. The number of nitrogens with two attached hydrogens (primary N) is 2. The molecule has 0 heterocycles. The zero-order valence-electron chi connectivity index (χ0n) is 12.1. The van der Waals surface area contributed by atoms with Crippen LogP contribution in [0.4, 0.5) is 11.4 Å². The lowest BCUT2D eigenvalue weighted by molar-refractivity contribution is 0.103. The highest BCUT2D eigenvalue weighted by Gasteiger charge is 2.15. The maximum atomic E-state index is 12.4. The predicted octanol–water partition coefficient (Wildman–Crippen LogP) is 3.38. The van der Waals surface area contributed by atoms with Gasteiger partial charge in [-0.15, -0.1) is 0 Å². The van der Waals surface area contributed by atoms with Crippen LogP contribution in [0, 0.1) is 0 Å². The molecule has 0 unspecified atom stereocenters. The van der Waals surface area contributed by atoms with E-state index in [0.717, 1.165) is 0 Å². The van der Waals surface area contributed by atoms with Crippen LogP contribution in [0.15, 0.2) is 42.5 Å². The second-order valence-corrected chi connectivity index (χ2v) is 6.04. The molecule has 0 atom stereocenters. The molecule has 0 fully saturated rings. The number of ketones is 1. The molecule has 0 aliphatic heterocycles. The number of carbonyl (C=O) groups excluding carboxylic acids is 1. The highest BCUT2D eigenvalue weighted by Crippen LogP contribution is 2.23. The lowest BCUT2D eigenvalue weighted by Crippen LogP contribution is -2.11. The Morgan fingerprint density at radius 3 is 1.80 bits per heavy atom. The Morgan fingerprint density at radius 1 is 0.850 bits per heavy atom. The van der Waals surface area contributed by atoms with Crippen molar-refractivity contribution in [1.82, 2.24) is 0 Å².